The van der Waals surface area contributed by atoms with Crippen LogP contribution in [0.15, 0.2) is 29.2 Å². The third-order valence-electron chi connectivity index (χ3n) is 2.74. The molecule has 0 aliphatic rings. The second kappa shape index (κ2) is 8.64. The number of carbonyl (C=O) groups is 2. The highest BCUT2D eigenvalue weighted by molar-refractivity contribution is 7.90. The van der Waals surface area contributed by atoms with Gasteiger partial charge in [-0.3, -0.25) is 4.79 Å². The van der Waals surface area contributed by atoms with Crippen LogP contribution >= 0.6 is 0 Å². The highest BCUT2D eigenvalue weighted by Gasteiger charge is 2.19. The third-order valence-corrected chi connectivity index (χ3v) is 4.11. The SMILES string of the molecule is COC(=O)c1cccc(S(=O)(=O)NC(=O)CCOCC(C)C)c1. The Labute approximate surface area is 136 Å². The maximum Gasteiger partial charge on any atom is 0.337 e. The first-order chi connectivity index (χ1) is 10.8. The molecule has 7 nitrogen and oxygen atoms in total. The Kier molecular flexibility index (Phi) is 7.18. The van der Waals surface area contributed by atoms with Crippen molar-refractivity contribution in [3.63, 3.8) is 0 Å². The molecule has 1 aromatic rings. The molecule has 0 atom stereocenters. The van der Waals surface area contributed by atoms with Crippen molar-refractivity contribution < 1.29 is 27.5 Å². The van der Waals surface area contributed by atoms with Crippen molar-refractivity contribution in [2.24, 2.45) is 5.92 Å². The summed E-state index contributed by atoms with van der Waals surface area (Å²) < 4.78 is 36.0. The number of benzene rings is 1. The summed E-state index contributed by atoms with van der Waals surface area (Å²) in [5, 5.41) is 0. The molecule has 1 N–H and O–H groups in total. The van der Waals surface area contributed by atoms with E-state index in [1.54, 1.807) is 0 Å². The van der Waals surface area contributed by atoms with Crippen molar-refractivity contribution in [3.05, 3.63) is 29.8 Å². The first kappa shape index (κ1) is 19.1. The number of amides is 1. The topological polar surface area (TPSA) is 98.8 Å². The summed E-state index contributed by atoms with van der Waals surface area (Å²) in [5.74, 6) is -0.990. The summed E-state index contributed by atoms with van der Waals surface area (Å²) in [6.07, 6.45) is -0.0668. The van der Waals surface area contributed by atoms with Gasteiger partial charge in [0.1, 0.15) is 0 Å². The number of ether oxygens (including phenoxy) is 2. The van der Waals surface area contributed by atoms with Gasteiger partial charge in [-0.2, -0.15) is 0 Å². The fraction of sp³-hybridized carbons (Fsp3) is 0.467. The molecule has 0 spiro atoms. The minimum atomic E-state index is -4.04. The zero-order valence-electron chi connectivity index (χ0n) is 13.4. The van der Waals surface area contributed by atoms with E-state index in [1.165, 1.54) is 25.3 Å². The minimum absolute atomic E-state index is 0.0668. The molecular formula is C15H21NO6S. The van der Waals surface area contributed by atoms with Crippen molar-refractivity contribution in [2.45, 2.75) is 25.2 Å². The molecule has 128 valence electrons. The van der Waals surface area contributed by atoms with E-state index in [4.69, 9.17) is 4.74 Å². The quantitative estimate of drug-likeness (QED) is 0.565. The van der Waals surface area contributed by atoms with Gasteiger partial charge in [-0.15, -0.1) is 0 Å². The molecule has 1 rings (SSSR count). The summed E-state index contributed by atoms with van der Waals surface area (Å²) in [6.45, 7) is 4.58. The van der Waals surface area contributed by atoms with E-state index < -0.39 is 21.9 Å². The van der Waals surface area contributed by atoms with E-state index in [0.29, 0.717) is 12.5 Å². The van der Waals surface area contributed by atoms with Crippen molar-refractivity contribution in [3.8, 4) is 0 Å². The molecule has 0 bridgehead atoms. The number of nitrogens with one attached hydrogen (secondary N) is 1. The molecule has 0 radical (unpaired) electrons. The lowest BCUT2D eigenvalue weighted by Gasteiger charge is -2.09. The molecule has 0 unspecified atom stereocenters. The number of methoxy groups -OCH3 is 1. The minimum Gasteiger partial charge on any atom is -0.465 e. The van der Waals surface area contributed by atoms with Crippen molar-refractivity contribution in [1.29, 1.82) is 0 Å². The summed E-state index contributed by atoms with van der Waals surface area (Å²) in [6, 6.07) is 5.26. The maximum atomic E-state index is 12.1. The number of hydrogen-bond acceptors (Lipinski definition) is 6. The average Bonchev–Trinajstić information content (AvgIpc) is 2.50. The summed E-state index contributed by atoms with van der Waals surface area (Å²) in [4.78, 5) is 22.9. The highest BCUT2D eigenvalue weighted by Crippen LogP contribution is 2.12. The van der Waals surface area contributed by atoms with Gasteiger partial charge in [0, 0.05) is 6.61 Å². The molecular weight excluding hydrogens is 322 g/mol. The van der Waals surface area contributed by atoms with E-state index in [9.17, 15) is 18.0 Å². The normalized spacial score (nSPS) is 11.3. The molecule has 0 aliphatic carbocycles. The van der Waals surface area contributed by atoms with Crippen LogP contribution in [0.25, 0.3) is 0 Å². The molecule has 1 aromatic carbocycles. The van der Waals surface area contributed by atoms with E-state index in [1.807, 2.05) is 18.6 Å². The van der Waals surface area contributed by atoms with Gasteiger partial charge in [-0.05, 0) is 24.1 Å². The van der Waals surface area contributed by atoms with Crippen molar-refractivity contribution in [1.82, 2.24) is 4.72 Å². The van der Waals surface area contributed by atoms with Gasteiger partial charge in [0.15, 0.2) is 0 Å². The van der Waals surface area contributed by atoms with Crippen LogP contribution in [-0.2, 0) is 24.3 Å². The van der Waals surface area contributed by atoms with Crippen LogP contribution in [0.5, 0.6) is 0 Å². The average molecular weight is 343 g/mol. The van der Waals surface area contributed by atoms with Crippen LogP contribution in [0.3, 0.4) is 0 Å². The molecule has 0 saturated heterocycles. The highest BCUT2D eigenvalue weighted by atomic mass is 32.2. The lowest BCUT2D eigenvalue weighted by Crippen LogP contribution is -2.31. The fourth-order valence-electron chi connectivity index (χ4n) is 1.65. The Morgan fingerprint density at radius 2 is 1.96 bits per heavy atom. The standard InChI is InChI=1S/C15H21NO6S/c1-11(2)10-22-8-7-14(17)16-23(19,20)13-6-4-5-12(9-13)15(18)21-3/h4-6,9,11H,7-8,10H2,1-3H3,(H,16,17). The number of sulfonamides is 1. The molecule has 0 saturated carbocycles. The van der Waals surface area contributed by atoms with Gasteiger partial charge in [0.05, 0.1) is 30.6 Å². The maximum absolute atomic E-state index is 12.1. The Hall–Kier alpha value is -1.93. The van der Waals surface area contributed by atoms with Crippen LogP contribution in [0.2, 0.25) is 0 Å². The van der Waals surface area contributed by atoms with Crippen LogP contribution in [-0.4, -0.2) is 40.6 Å². The second-order valence-corrected chi connectivity index (χ2v) is 6.95. The van der Waals surface area contributed by atoms with E-state index in [2.05, 4.69) is 4.74 Å². The van der Waals surface area contributed by atoms with Crippen LogP contribution in [0.1, 0.15) is 30.6 Å². The third kappa shape index (κ3) is 6.37. The number of hydrogen-bond donors (Lipinski definition) is 1. The Bertz CT molecular complexity index is 654. The predicted molar refractivity (Wildman–Crippen MR) is 83.4 cm³/mol. The van der Waals surface area contributed by atoms with Crippen molar-refractivity contribution >= 4 is 21.9 Å². The van der Waals surface area contributed by atoms with Gasteiger partial charge in [0.25, 0.3) is 10.0 Å². The van der Waals surface area contributed by atoms with Crippen LogP contribution in [0, 0.1) is 5.92 Å². The number of carbonyl (C=O) groups excluding carboxylic acids is 2. The first-order valence-corrected chi connectivity index (χ1v) is 8.56. The Morgan fingerprint density at radius 1 is 1.26 bits per heavy atom. The van der Waals surface area contributed by atoms with Gasteiger partial charge >= 0.3 is 5.97 Å². The number of rotatable bonds is 8. The van der Waals surface area contributed by atoms with Gasteiger partial charge in [-0.1, -0.05) is 19.9 Å². The van der Waals surface area contributed by atoms with Gasteiger partial charge < -0.3 is 9.47 Å². The monoisotopic (exact) mass is 343 g/mol. The van der Waals surface area contributed by atoms with E-state index in [-0.39, 0.29) is 23.5 Å². The zero-order chi connectivity index (χ0) is 17.5. The fourth-order valence-corrected chi connectivity index (χ4v) is 2.71. The summed E-state index contributed by atoms with van der Waals surface area (Å²) in [7, 11) is -2.84. The number of esters is 1. The van der Waals surface area contributed by atoms with Gasteiger partial charge in [0.2, 0.25) is 5.91 Å². The molecule has 0 heterocycles. The Balaban J connectivity index is 2.68. The molecule has 23 heavy (non-hydrogen) atoms. The Morgan fingerprint density at radius 3 is 2.57 bits per heavy atom. The van der Waals surface area contributed by atoms with E-state index in [0.717, 1.165) is 6.07 Å². The summed E-state index contributed by atoms with van der Waals surface area (Å²) >= 11 is 0. The molecule has 1 amide bonds. The zero-order valence-corrected chi connectivity index (χ0v) is 14.2. The van der Waals surface area contributed by atoms with E-state index >= 15 is 0 Å². The molecule has 0 aliphatic heterocycles. The molecule has 0 aromatic heterocycles. The lowest BCUT2D eigenvalue weighted by molar-refractivity contribution is -0.120. The largest absolute Gasteiger partial charge is 0.465 e. The summed E-state index contributed by atoms with van der Waals surface area (Å²) in [5.41, 5.74) is 0.0862. The molecule has 0 fully saturated rings. The first-order valence-electron chi connectivity index (χ1n) is 7.08. The smallest absolute Gasteiger partial charge is 0.337 e. The van der Waals surface area contributed by atoms with Crippen LogP contribution in [0.4, 0.5) is 0 Å². The van der Waals surface area contributed by atoms with Crippen molar-refractivity contribution in [2.75, 3.05) is 20.3 Å². The van der Waals surface area contributed by atoms with Gasteiger partial charge in [-0.25, -0.2) is 17.9 Å². The second-order valence-electron chi connectivity index (χ2n) is 5.27. The predicted octanol–water partition coefficient (Wildman–Crippen LogP) is 1.34. The molecule has 8 heteroatoms. The van der Waals surface area contributed by atoms with Crippen LogP contribution < -0.4 is 4.72 Å². The lowest BCUT2D eigenvalue weighted by atomic mass is 10.2.